The van der Waals surface area contributed by atoms with Crippen LogP contribution in [-0.4, -0.2) is 51.4 Å². The van der Waals surface area contributed by atoms with E-state index in [-0.39, 0.29) is 0 Å². The molecule has 1 aliphatic heterocycles. The molecule has 0 saturated heterocycles. The molecule has 4 nitrogen and oxygen atoms in total. The molecule has 0 bridgehead atoms. The molecule has 0 spiro atoms. The fourth-order valence-corrected chi connectivity index (χ4v) is 2.27. The number of rotatable bonds is 7. The minimum absolute atomic E-state index is 0.778. The molecule has 0 unspecified atom stereocenters. The van der Waals surface area contributed by atoms with E-state index < -0.39 is 0 Å². The number of hydrogen-bond acceptors (Lipinski definition) is 4. The predicted octanol–water partition coefficient (Wildman–Crippen LogP) is 1.51. The summed E-state index contributed by atoms with van der Waals surface area (Å²) in [7, 11) is 1.74. The van der Waals surface area contributed by atoms with Gasteiger partial charge in [-0.25, -0.2) is 0 Å². The van der Waals surface area contributed by atoms with Gasteiger partial charge in [0, 0.05) is 45.5 Å². The SMILES string of the molecule is COCCCNCCN1CCOc2ccccc2C1. The lowest BCUT2D eigenvalue weighted by Crippen LogP contribution is -2.33. The van der Waals surface area contributed by atoms with Gasteiger partial charge in [-0.15, -0.1) is 0 Å². The Morgan fingerprint density at radius 1 is 1.32 bits per heavy atom. The lowest BCUT2D eigenvalue weighted by molar-refractivity contribution is 0.192. The summed E-state index contributed by atoms with van der Waals surface area (Å²) in [4.78, 5) is 2.44. The highest BCUT2D eigenvalue weighted by molar-refractivity contribution is 5.33. The van der Waals surface area contributed by atoms with Crippen molar-refractivity contribution in [2.45, 2.75) is 13.0 Å². The van der Waals surface area contributed by atoms with Crippen LogP contribution in [0.2, 0.25) is 0 Å². The van der Waals surface area contributed by atoms with Crippen molar-refractivity contribution in [3.63, 3.8) is 0 Å². The average Bonchev–Trinajstić information content (AvgIpc) is 2.64. The van der Waals surface area contributed by atoms with E-state index in [2.05, 4.69) is 28.4 Å². The summed E-state index contributed by atoms with van der Waals surface area (Å²) in [5.41, 5.74) is 1.29. The van der Waals surface area contributed by atoms with E-state index in [1.807, 2.05) is 6.07 Å². The standard InChI is InChI=1S/C15H24N2O2/c1-18-11-4-7-16-8-9-17-10-12-19-15-6-3-2-5-14(15)13-17/h2-3,5-6,16H,4,7-13H2,1H3. The van der Waals surface area contributed by atoms with Crippen molar-refractivity contribution < 1.29 is 9.47 Å². The van der Waals surface area contributed by atoms with Gasteiger partial charge < -0.3 is 14.8 Å². The molecule has 1 N–H and O–H groups in total. The van der Waals surface area contributed by atoms with Crippen molar-refractivity contribution in [2.24, 2.45) is 0 Å². The molecule has 0 atom stereocenters. The molecule has 0 saturated carbocycles. The van der Waals surface area contributed by atoms with E-state index in [4.69, 9.17) is 9.47 Å². The van der Waals surface area contributed by atoms with E-state index in [0.717, 1.165) is 58.1 Å². The maximum atomic E-state index is 5.76. The second kappa shape index (κ2) is 8.15. The molecule has 1 aliphatic rings. The van der Waals surface area contributed by atoms with E-state index in [9.17, 15) is 0 Å². The van der Waals surface area contributed by atoms with E-state index in [0.29, 0.717) is 0 Å². The van der Waals surface area contributed by atoms with Crippen molar-refractivity contribution in [3.8, 4) is 5.75 Å². The third-order valence-electron chi connectivity index (χ3n) is 3.34. The number of para-hydroxylation sites is 1. The summed E-state index contributed by atoms with van der Waals surface area (Å²) >= 11 is 0. The molecule has 0 radical (unpaired) electrons. The molecule has 0 aliphatic carbocycles. The Kier molecular flexibility index (Phi) is 6.14. The molecule has 1 aromatic rings. The number of nitrogens with zero attached hydrogens (tertiary/aromatic N) is 1. The van der Waals surface area contributed by atoms with Crippen molar-refractivity contribution in [3.05, 3.63) is 29.8 Å². The normalized spacial score (nSPS) is 15.6. The average molecular weight is 264 g/mol. The number of ether oxygens (including phenoxy) is 2. The molecule has 19 heavy (non-hydrogen) atoms. The summed E-state index contributed by atoms with van der Waals surface area (Å²) in [6.07, 6.45) is 1.07. The molecule has 2 rings (SSSR count). The molecule has 0 fully saturated rings. The van der Waals surface area contributed by atoms with Crippen molar-refractivity contribution in [1.82, 2.24) is 10.2 Å². The smallest absolute Gasteiger partial charge is 0.123 e. The van der Waals surface area contributed by atoms with Gasteiger partial charge in [0.05, 0.1) is 0 Å². The first kappa shape index (κ1) is 14.3. The van der Waals surface area contributed by atoms with Gasteiger partial charge >= 0.3 is 0 Å². The van der Waals surface area contributed by atoms with Crippen LogP contribution in [0, 0.1) is 0 Å². The van der Waals surface area contributed by atoms with E-state index >= 15 is 0 Å². The number of hydrogen-bond donors (Lipinski definition) is 1. The summed E-state index contributed by atoms with van der Waals surface area (Å²) in [5, 5.41) is 3.45. The predicted molar refractivity (Wildman–Crippen MR) is 76.6 cm³/mol. The van der Waals surface area contributed by atoms with E-state index in [1.165, 1.54) is 5.56 Å². The van der Waals surface area contributed by atoms with Crippen LogP contribution in [0.5, 0.6) is 5.75 Å². The largest absolute Gasteiger partial charge is 0.492 e. The van der Waals surface area contributed by atoms with Crippen LogP contribution in [0.15, 0.2) is 24.3 Å². The number of fused-ring (bicyclic) bond motifs is 1. The van der Waals surface area contributed by atoms with Gasteiger partial charge in [-0.3, -0.25) is 4.90 Å². The van der Waals surface area contributed by atoms with Crippen LogP contribution >= 0.6 is 0 Å². The van der Waals surface area contributed by atoms with Gasteiger partial charge in [-0.05, 0) is 19.0 Å². The van der Waals surface area contributed by atoms with Crippen LogP contribution < -0.4 is 10.1 Å². The summed E-state index contributed by atoms with van der Waals surface area (Å²) in [5.74, 6) is 1.04. The van der Waals surface area contributed by atoms with Crippen LogP contribution in [0.25, 0.3) is 0 Å². The highest BCUT2D eigenvalue weighted by Gasteiger charge is 2.13. The van der Waals surface area contributed by atoms with Crippen molar-refractivity contribution in [2.75, 3.05) is 46.5 Å². The van der Waals surface area contributed by atoms with Gasteiger partial charge in [0.2, 0.25) is 0 Å². The Bertz CT molecular complexity index is 371. The fourth-order valence-electron chi connectivity index (χ4n) is 2.27. The second-order valence-corrected chi connectivity index (χ2v) is 4.83. The van der Waals surface area contributed by atoms with E-state index in [1.54, 1.807) is 7.11 Å². The topological polar surface area (TPSA) is 33.7 Å². The molecule has 0 aromatic heterocycles. The lowest BCUT2D eigenvalue weighted by atomic mass is 10.2. The first-order chi connectivity index (χ1) is 9.40. The zero-order valence-electron chi connectivity index (χ0n) is 11.7. The van der Waals surface area contributed by atoms with Gasteiger partial charge in [0.1, 0.15) is 12.4 Å². The van der Waals surface area contributed by atoms with Crippen LogP contribution in [0.1, 0.15) is 12.0 Å². The maximum Gasteiger partial charge on any atom is 0.123 e. The van der Waals surface area contributed by atoms with Crippen molar-refractivity contribution >= 4 is 0 Å². The van der Waals surface area contributed by atoms with Crippen LogP contribution in [0.4, 0.5) is 0 Å². The van der Waals surface area contributed by atoms with Gasteiger partial charge in [0.25, 0.3) is 0 Å². The molecule has 1 aromatic carbocycles. The maximum absolute atomic E-state index is 5.76. The lowest BCUT2D eigenvalue weighted by Gasteiger charge is -2.19. The molecular formula is C15H24N2O2. The van der Waals surface area contributed by atoms with Gasteiger partial charge in [0.15, 0.2) is 0 Å². The summed E-state index contributed by atoms with van der Waals surface area (Å²) in [6.45, 7) is 6.69. The first-order valence-electron chi connectivity index (χ1n) is 7.03. The quantitative estimate of drug-likeness (QED) is 0.757. The minimum atomic E-state index is 0.778. The second-order valence-electron chi connectivity index (χ2n) is 4.83. The monoisotopic (exact) mass is 264 g/mol. The van der Waals surface area contributed by atoms with Gasteiger partial charge in [-0.2, -0.15) is 0 Å². The summed E-state index contributed by atoms with van der Waals surface area (Å²) < 4.78 is 10.8. The Morgan fingerprint density at radius 3 is 3.11 bits per heavy atom. The Labute approximate surface area is 115 Å². The highest BCUT2D eigenvalue weighted by Crippen LogP contribution is 2.21. The molecular weight excluding hydrogens is 240 g/mol. The Balaban J connectivity index is 1.70. The first-order valence-corrected chi connectivity index (χ1v) is 7.03. The molecule has 1 heterocycles. The summed E-state index contributed by atoms with van der Waals surface area (Å²) in [6, 6.07) is 8.32. The molecule has 4 heteroatoms. The zero-order chi connectivity index (χ0) is 13.3. The van der Waals surface area contributed by atoms with Gasteiger partial charge in [-0.1, -0.05) is 18.2 Å². The Morgan fingerprint density at radius 2 is 2.21 bits per heavy atom. The third kappa shape index (κ3) is 4.82. The number of nitrogens with one attached hydrogen (secondary N) is 1. The Hall–Kier alpha value is -1.10. The fraction of sp³-hybridized carbons (Fsp3) is 0.600. The van der Waals surface area contributed by atoms with Crippen LogP contribution in [-0.2, 0) is 11.3 Å². The molecule has 0 amide bonds. The highest BCUT2D eigenvalue weighted by atomic mass is 16.5. The molecule has 106 valence electrons. The third-order valence-corrected chi connectivity index (χ3v) is 3.34. The van der Waals surface area contributed by atoms with Crippen molar-refractivity contribution in [1.29, 1.82) is 0 Å². The number of methoxy groups -OCH3 is 1. The number of benzene rings is 1. The zero-order valence-corrected chi connectivity index (χ0v) is 11.7. The van der Waals surface area contributed by atoms with Crippen LogP contribution in [0.3, 0.4) is 0 Å². The minimum Gasteiger partial charge on any atom is -0.492 e.